The maximum Gasteiger partial charge on any atom is 0.220 e. The summed E-state index contributed by atoms with van der Waals surface area (Å²) in [6.07, 6.45) is 54.7. The predicted molar refractivity (Wildman–Crippen MR) is 226 cm³/mol. The third-order valence-corrected chi connectivity index (χ3v) is 11.0. The number of unbranched alkanes of at least 4 members (excludes halogenated alkanes) is 36. The molecular weight excluding hydrogens is 627 g/mol. The van der Waals surface area contributed by atoms with Gasteiger partial charge in [-0.05, 0) is 19.3 Å². The lowest BCUT2D eigenvalue weighted by molar-refractivity contribution is -0.123. The van der Waals surface area contributed by atoms with E-state index in [4.69, 9.17) is 0 Å². The van der Waals surface area contributed by atoms with Crippen LogP contribution in [-0.4, -0.2) is 34.9 Å². The molecule has 0 aliphatic carbocycles. The summed E-state index contributed by atoms with van der Waals surface area (Å²) in [5.74, 6) is -0.0583. The average molecular weight is 720 g/mol. The SMILES string of the molecule is CCCCCCCCCCCCCCCCC/C=C/[C@@H](O)[C@H](CO)NC(=O)CCCCCCCCCCCCCCCCCCCCCCCC. The van der Waals surface area contributed by atoms with E-state index in [1.165, 1.54) is 218 Å². The van der Waals surface area contributed by atoms with E-state index in [1.807, 2.05) is 6.08 Å². The maximum absolute atomic E-state index is 12.4. The minimum Gasteiger partial charge on any atom is -0.394 e. The van der Waals surface area contributed by atoms with Crippen molar-refractivity contribution in [1.29, 1.82) is 0 Å². The van der Waals surface area contributed by atoms with Crippen LogP contribution in [0.2, 0.25) is 0 Å². The van der Waals surface area contributed by atoms with Crippen LogP contribution in [0.15, 0.2) is 12.2 Å². The van der Waals surface area contributed by atoms with Gasteiger partial charge in [0.1, 0.15) is 0 Å². The van der Waals surface area contributed by atoms with Gasteiger partial charge in [0.2, 0.25) is 5.91 Å². The van der Waals surface area contributed by atoms with Crippen LogP contribution < -0.4 is 5.32 Å². The monoisotopic (exact) mass is 720 g/mol. The summed E-state index contributed by atoms with van der Waals surface area (Å²) in [6, 6.07) is -0.616. The van der Waals surface area contributed by atoms with Crippen molar-refractivity contribution < 1.29 is 15.0 Å². The molecule has 4 heteroatoms. The molecule has 0 spiro atoms. The smallest absolute Gasteiger partial charge is 0.220 e. The number of aliphatic hydroxyl groups is 2. The van der Waals surface area contributed by atoms with Gasteiger partial charge in [-0.3, -0.25) is 4.79 Å². The summed E-state index contributed by atoms with van der Waals surface area (Å²) in [5.41, 5.74) is 0. The molecule has 0 radical (unpaired) electrons. The molecule has 2 atom stereocenters. The molecule has 0 aromatic rings. The Morgan fingerprint density at radius 2 is 0.725 bits per heavy atom. The first kappa shape index (κ1) is 50.1. The predicted octanol–water partition coefficient (Wildman–Crippen LogP) is 14.6. The maximum atomic E-state index is 12.4. The van der Waals surface area contributed by atoms with Crippen molar-refractivity contribution in [1.82, 2.24) is 5.32 Å². The van der Waals surface area contributed by atoms with E-state index < -0.39 is 12.1 Å². The van der Waals surface area contributed by atoms with E-state index in [2.05, 4.69) is 19.2 Å². The molecule has 0 aliphatic rings. The fraction of sp³-hybridized carbons (Fsp3) is 0.936. The Bertz CT molecular complexity index is 695. The molecule has 0 bridgehead atoms. The van der Waals surface area contributed by atoms with Crippen LogP contribution in [-0.2, 0) is 4.79 Å². The fourth-order valence-corrected chi connectivity index (χ4v) is 7.42. The Labute approximate surface area is 320 Å². The second-order valence-corrected chi connectivity index (χ2v) is 16.2. The lowest BCUT2D eigenvalue weighted by Gasteiger charge is -2.20. The van der Waals surface area contributed by atoms with Crippen LogP contribution in [0.3, 0.4) is 0 Å². The normalized spacial score (nSPS) is 12.9. The average Bonchev–Trinajstić information content (AvgIpc) is 3.13. The Hall–Kier alpha value is -0.870. The number of hydrogen-bond acceptors (Lipinski definition) is 3. The van der Waals surface area contributed by atoms with Gasteiger partial charge >= 0.3 is 0 Å². The topological polar surface area (TPSA) is 69.6 Å². The number of amides is 1. The zero-order valence-electron chi connectivity index (χ0n) is 34.9. The summed E-state index contributed by atoms with van der Waals surface area (Å²) in [7, 11) is 0. The lowest BCUT2D eigenvalue weighted by Crippen LogP contribution is -2.45. The fourth-order valence-electron chi connectivity index (χ4n) is 7.42. The van der Waals surface area contributed by atoms with Gasteiger partial charge in [-0.1, -0.05) is 251 Å². The molecule has 0 aromatic carbocycles. The molecule has 0 unspecified atom stereocenters. The van der Waals surface area contributed by atoms with Crippen molar-refractivity contribution in [2.45, 2.75) is 276 Å². The van der Waals surface area contributed by atoms with Crippen molar-refractivity contribution in [2.24, 2.45) is 0 Å². The molecule has 0 aromatic heterocycles. The molecule has 4 nitrogen and oxygen atoms in total. The van der Waals surface area contributed by atoms with Gasteiger partial charge in [0.05, 0.1) is 18.8 Å². The number of carbonyl (C=O) groups excluding carboxylic acids is 1. The molecule has 0 saturated heterocycles. The van der Waals surface area contributed by atoms with E-state index in [1.54, 1.807) is 6.08 Å². The molecule has 0 aliphatic heterocycles. The molecule has 0 rings (SSSR count). The highest BCUT2D eigenvalue weighted by molar-refractivity contribution is 5.76. The minimum atomic E-state index is -0.833. The molecule has 0 heterocycles. The number of aliphatic hydroxyl groups excluding tert-OH is 2. The van der Waals surface area contributed by atoms with Crippen LogP contribution in [0, 0.1) is 0 Å². The van der Waals surface area contributed by atoms with Crippen molar-refractivity contribution in [3.05, 3.63) is 12.2 Å². The second-order valence-electron chi connectivity index (χ2n) is 16.2. The third kappa shape index (κ3) is 40.2. The van der Waals surface area contributed by atoms with Gasteiger partial charge < -0.3 is 15.5 Å². The first-order valence-corrected chi connectivity index (χ1v) is 23.4. The standard InChI is InChI=1S/C47H93NO3/c1-3-5-7-9-11-13-15-17-19-21-22-23-24-25-27-29-31-33-35-37-39-41-43-47(51)48-45(44-49)46(50)42-40-38-36-34-32-30-28-26-20-18-16-14-12-10-8-6-4-2/h40,42,45-46,49-50H,3-39,41,43-44H2,1-2H3,(H,48,51)/b42-40+/t45-,46+/m0/s1. The molecule has 0 saturated carbocycles. The lowest BCUT2D eigenvalue weighted by atomic mass is 10.0. The Morgan fingerprint density at radius 1 is 0.451 bits per heavy atom. The largest absolute Gasteiger partial charge is 0.394 e. The number of rotatable bonds is 43. The van der Waals surface area contributed by atoms with Crippen molar-refractivity contribution >= 4 is 5.91 Å². The van der Waals surface area contributed by atoms with Gasteiger partial charge in [0, 0.05) is 6.42 Å². The van der Waals surface area contributed by atoms with E-state index in [0.29, 0.717) is 6.42 Å². The van der Waals surface area contributed by atoms with E-state index in [0.717, 1.165) is 25.7 Å². The summed E-state index contributed by atoms with van der Waals surface area (Å²) in [6.45, 7) is 4.34. The van der Waals surface area contributed by atoms with Crippen LogP contribution in [0.4, 0.5) is 0 Å². The number of allylic oxidation sites excluding steroid dienone is 1. The zero-order chi connectivity index (χ0) is 37.1. The van der Waals surface area contributed by atoms with Gasteiger partial charge in [0.25, 0.3) is 0 Å². The van der Waals surface area contributed by atoms with E-state index in [9.17, 15) is 15.0 Å². The van der Waals surface area contributed by atoms with E-state index in [-0.39, 0.29) is 12.5 Å². The van der Waals surface area contributed by atoms with Crippen molar-refractivity contribution in [2.75, 3.05) is 6.61 Å². The third-order valence-electron chi connectivity index (χ3n) is 11.0. The Morgan fingerprint density at radius 3 is 1.02 bits per heavy atom. The molecule has 0 fully saturated rings. The Balaban J connectivity index is 3.49. The molecule has 1 amide bonds. The summed E-state index contributed by atoms with van der Waals surface area (Å²) < 4.78 is 0. The molecule has 304 valence electrons. The van der Waals surface area contributed by atoms with Crippen LogP contribution in [0.25, 0.3) is 0 Å². The molecule has 51 heavy (non-hydrogen) atoms. The van der Waals surface area contributed by atoms with Crippen LogP contribution in [0.1, 0.15) is 264 Å². The highest BCUT2D eigenvalue weighted by Gasteiger charge is 2.18. The van der Waals surface area contributed by atoms with Crippen molar-refractivity contribution in [3.8, 4) is 0 Å². The zero-order valence-corrected chi connectivity index (χ0v) is 34.9. The number of nitrogens with one attached hydrogen (secondary N) is 1. The van der Waals surface area contributed by atoms with Gasteiger partial charge in [-0.25, -0.2) is 0 Å². The Kier molecular flexibility index (Phi) is 42.8. The van der Waals surface area contributed by atoms with Crippen LogP contribution in [0.5, 0.6) is 0 Å². The summed E-state index contributed by atoms with van der Waals surface area (Å²) in [4.78, 5) is 12.4. The number of hydrogen-bond donors (Lipinski definition) is 3. The van der Waals surface area contributed by atoms with Crippen molar-refractivity contribution in [3.63, 3.8) is 0 Å². The molecule has 3 N–H and O–H groups in total. The second kappa shape index (κ2) is 43.5. The van der Waals surface area contributed by atoms with Gasteiger partial charge in [-0.15, -0.1) is 0 Å². The highest BCUT2D eigenvalue weighted by atomic mass is 16.3. The summed E-state index contributed by atoms with van der Waals surface area (Å²) >= 11 is 0. The number of carbonyl (C=O) groups is 1. The summed E-state index contributed by atoms with van der Waals surface area (Å²) in [5, 5.41) is 23.1. The molecular formula is C47H93NO3. The highest BCUT2D eigenvalue weighted by Crippen LogP contribution is 2.17. The first-order valence-electron chi connectivity index (χ1n) is 23.4. The quantitative estimate of drug-likeness (QED) is 0.0434. The van der Waals surface area contributed by atoms with E-state index >= 15 is 0 Å². The van der Waals surface area contributed by atoms with Gasteiger partial charge in [0.15, 0.2) is 0 Å². The first-order chi connectivity index (χ1) is 25.2. The minimum absolute atomic E-state index is 0.0583. The van der Waals surface area contributed by atoms with Crippen LogP contribution >= 0.6 is 0 Å². The van der Waals surface area contributed by atoms with Gasteiger partial charge in [-0.2, -0.15) is 0 Å².